The Morgan fingerprint density at radius 1 is 1.37 bits per heavy atom. The molecule has 1 aromatic rings. The third-order valence-corrected chi connectivity index (χ3v) is 3.51. The van der Waals surface area contributed by atoms with Crippen LogP contribution < -0.4 is 0 Å². The molecule has 1 atom stereocenters. The first-order valence-electron chi connectivity index (χ1n) is 6.60. The molecule has 0 heterocycles. The number of carbonyl (C=O) groups is 2. The number of rotatable bonds is 5. The molecule has 0 aliphatic heterocycles. The van der Waals surface area contributed by atoms with Crippen LogP contribution in [0.25, 0.3) is 0 Å². The van der Waals surface area contributed by atoms with Crippen LogP contribution in [-0.4, -0.2) is 37.0 Å². The van der Waals surface area contributed by atoms with E-state index in [1.165, 1.54) is 12.7 Å². The van der Waals surface area contributed by atoms with Crippen molar-refractivity contribution in [3.05, 3.63) is 35.4 Å². The predicted octanol–water partition coefficient (Wildman–Crippen LogP) is 1.74. The van der Waals surface area contributed by atoms with Crippen molar-refractivity contribution < 1.29 is 14.3 Å². The molecule has 0 saturated heterocycles. The predicted molar refractivity (Wildman–Crippen MR) is 71.8 cm³/mol. The molecule has 1 amide bonds. The summed E-state index contributed by atoms with van der Waals surface area (Å²) >= 11 is 0. The maximum Gasteiger partial charge on any atom is 0.325 e. The van der Waals surface area contributed by atoms with Crippen LogP contribution >= 0.6 is 0 Å². The number of ether oxygens (including phenoxy) is 1. The minimum atomic E-state index is -0.366. The number of fused-ring (bicyclic) bond motifs is 1. The van der Waals surface area contributed by atoms with E-state index in [0.717, 1.165) is 18.4 Å². The van der Waals surface area contributed by atoms with Gasteiger partial charge in [0.1, 0.15) is 6.54 Å². The summed E-state index contributed by atoms with van der Waals surface area (Å²) in [6.07, 6.45) is 1.60. The van der Waals surface area contributed by atoms with Gasteiger partial charge in [-0.15, -0.1) is 0 Å². The van der Waals surface area contributed by atoms with Crippen molar-refractivity contribution in [3.8, 4) is 0 Å². The van der Waals surface area contributed by atoms with Crippen molar-refractivity contribution >= 4 is 11.9 Å². The van der Waals surface area contributed by atoms with E-state index in [4.69, 9.17) is 0 Å². The highest BCUT2D eigenvalue weighted by molar-refractivity contribution is 5.89. The highest BCUT2D eigenvalue weighted by Gasteiger charge is 2.34. The molecule has 1 aliphatic carbocycles. The molecule has 0 aromatic heterocycles. The monoisotopic (exact) mass is 261 g/mol. The van der Waals surface area contributed by atoms with Gasteiger partial charge >= 0.3 is 5.97 Å². The van der Waals surface area contributed by atoms with Crippen molar-refractivity contribution in [1.29, 1.82) is 0 Å². The highest BCUT2D eigenvalue weighted by atomic mass is 16.5. The van der Waals surface area contributed by atoms with Crippen LogP contribution in [0.5, 0.6) is 0 Å². The first kappa shape index (κ1) is 13.6. The van der Waals surface area contributed by atoms with Crippen molar-refractivity contribution in [2.75, 3.05) is 20.2 Å². The molecule has 102 valence electrons. The summed E-state index contributed by atoms with van der Waals surface area (Å²) in [5.74, 6) is -0.423. The van der Waals surface area contributed by atoms with Crippen LogP contribution in [0.4, 0.5) is 0 Å². The van der Waals surface area contributed by atoms with Gasteiger partial charge in [-0.25, -0.2) is 0 Å². The zero-order chi connectivity index (χ0) is 13.8. The summed E-state index contributed by atoms with van der Waals surface area (Å²) in [4.78, 5) is 25.4. The maximum absolute atomic E-state index is 12.4. The highest BCUT2D eigenvalue weighted by Crippen LogP contribution is 2.36. The van der Waals surface area contributed by atoms with E-state index in [1.54, 1.807) is 4.90 Å². The fourth-order valence-electron chi connectivity index (χ4n) is 2.46. The average Bonchev–Trinajstić information content (AvgIpc) is 2.39. The zero-order valence-electron chi connectivity index (χ0n) is 11.4. The largest absolute Gasteiger partial charge is 0.468 e. The van der Waals surface area contributed by atoms with Gasteiger partial charge in [0.25, 0.3) is 0 Å². The van der Waals surface area contributed by atoms with Crippen LogP contribution in [0.15, 0.2) is 24.3 Å². The van der Waals surface area contributed by atoms with Gasteiger partial charge in [-0.2, -0.15) is 0 Å². The normalized spacial score (nSPS) is 16.2. The quantitative estimate of drug-likeness (QED) is 0.758. The lowest BCUT2D eigenvalue weighted by Crippen LogP contribution is -2.42. The molecular weight excluding hydrogens is 242 g/mol. The summed E-state index contributed by atoms with van der Waals surface area (Å²) in [7, 11) is 1.34. The molecule has 19 heavy (non-hydrogen) atoms. The number of amides is 1. The second-order valence-corrected chi connectivity index (χ2v) is 4.79. The molecule has 2 rings (SSSR count). The summed E-state index contributed by atoms with van der Waals surface area (Å²) < 4.78 is 4.65. The smallest absolute Gasteiger partial charge is 0.325 e. The van der Waals surface area contributed by atoms with Crippen molar-refractivity contribution in [1.82, 2.24) is 4.90 Å². The Labute approximate surface area is 113 Å². The molecule has 0 radical (unpaired) electrons. The van der Waals surface area contributed by atoms with Crippen LogP contribution in [0.2, 0.25) is 0 Å². The lowest BCUT2D eigenvalue weighted by molar-refractivity contribution is -0.147. The fraction of sp³-hybridized carbons (Fsp3) is 0.467. The number of methoxy groups -OCH3 is 1. The Hall–Kier alpha value is -1.84. The lowest BCUT2D eigenvalue weighted by atomic mass is 9.77. The molecule has 0 N–H and O–H groups in total. The van der Waals surface area contributed by atoms with Gasteiger partial charge < -0.3 is 9.64 Å². The minimum absolute atomic E-state index is 0.0333. The van der Waals surface area contributed by atoms with E-state index in [1.807, 2.05) is 31.2 Å². The number of esters is 1. The van der Waals surface area contributed by atoms with E-state index in [2.05, 4.69) is 4.74 Å². The molecule has 0 bridgehead atoms. The molecular formula is C15H19NO3. The van der Waals surface area contributed by atoms with Gasteiger partial charge in [-0.3, -0.25) is 9.59 Å². The summed E-state index contributed by atoms with van der Waals surface area (Å²) in [5, 5.41) is 0. The molecule has 4 nitrogen and oxygen atoms in total. The molecule has 1 aliphatic rings. The van der Waals surface area contributed by atoms with Crippen molar-refractivity contribution in [2.24, 2.45) is 0 Å². The lowest BCUT2D eigenvalue weighted by Gasteiger charge is -2.33. The summed E-state index contributed by atoms with van der Waals surface area (Å²) in [5.41, 5.74) is 2.33. The van der Waals surface area contributed by atoms with E-state index < -0.39 is 0 Å². The van der Waals surface area contributed by atoms with Crippen molar-refractivity contribution in [2.45, 2.75) is 25.7 Å². The van der Waals surface area contributed by atoms with Crippen LogP contribution in [0.1, 0.15) is 30.4 Å². The number of nitrogens with zero attached hydrogens (tertiary/aromatic N) is 1. The number of hydrogen-bond acceptors (Lipinski definition) is 3. The van der Waals surface area contributed by atoms with Crippen LogP contribution in [0.3, 0.4) is 0 Å². The fourth-order valence-corrected chi connectivity index (χ4v) is 2.46. The van der Waals surface area contributed by atoms with Gasteiger partial charge in [0, 0.05) is 6.54 Å². The molecule has 0 fully saturated rings. The van der Waals surface area contributed by atoms with E-state index >= 15 is 0 Å². The maximum atomic E-state index is 12.4. The van der Waals surface area contributed by atoms with Gasteiger partial charge in [0.05, 0.1) is 13.0 Å². The first-order valence-corrected chi connectivity index (χ1v) is 6.60. The molecule has 1 unspecified atom stereocenters. The van der Waals surface area contributed by atoms with E-state index in [0.29, 0.717) is 6.54 Å². The zero-order valence-corrected chi connectivity index (χ0v) is 11.4. The third kappa shape index (κ3) is 2.78. The van der Waals surface area contributed by atoms with E-state index in [-0.39, 0.29) is 24.3 Å². The third-order valence-electron chi connectivity index (χ3n) is 3.51. The standard InChI is InChI=1S/C15H19NO3/c1-3-8-16(10-14(17)19-2)15(18)13-9-11-6-4-5-7-12(11)13/h4-7,13H,3,8-10H2,1-2H3. The molecule has 1 aromatic carbocycles. The second kappa shape index (κ2) is 5.87. The number of carbonyl (C=O) groups excluding carboxylic acids is 2. The second-order valence-electron chi connectivity index (χ2n) is 4.79. The Bertz CT molecular complexity index is 484. The van der Waals surface area contributed by atoms with Gasteiger partial charge in [0.15, 0.2) is 0 Å². The Morgan fingerprint density at radius 3 is 2.74 bits per heavy atom. The Morgan fingerprint density at radius 2 is 2.11 bits per heavy atom. The minimum Gasteiger partial charge on any atom is -0.468 e. The average molecular weight is 261 g/mol. The SMILES string of the molecule is CCCN(CC(=O)OC)C(=O)C1Cc2ccccc21. The Kier molecular flexibility index (Phi) is 4.20. The van der Waals surface area contributed by atoms with Gasteiger partial charge in [0.2, 0.25) is 5.91 Å². The van der Waals surface area contributed by atoms with E-state index in [9.17, 15) is 9.59 Å². The van der Waals surface area contributed by atoms with Gasteiger partial charge in [-0.1, -0.05) is 31.2 Å². The van der Waals surface area contributed by atoms with Crippen LogP contribution in [0, 0.1) is 0 Å². The molecule has 4 heteroatoms. The van der Waals surface area contributed by atoms with Crippen LogP contribution in [-0.2, 0) is 20.7 Å². The molecule has 0 saturated carbocycles. The van der Waals surface area contributed by atoms with Gasteiger partial charge in [-0.05, 0) is 24.0 Å². The summed E-state index contributed by atoms with van der Waals surface area (Å²) in [6, 6.07) is 7.97. The molecule has 0 spiro atoms. The summed E-state index contributed by atoms with van der Waals surface area (Å²) in [6.45, 7) is 2.63. The Balaban J connectivity index is 2.07. The topological polar surface area (TPSA) is 46.6 Å². The number of benzene rings is 1. The van der Waals surface area contributed by atoms with Crippen molar-refractivity contribution in [3.63, 3.8) is 0 Å². The number of hydrogen-bond donors (Lipinski definition) is 0. The first-order chi connectivity index (χ1) is 9.17.